The Morgan fingerprint density at radius 1 is 1.04 bits per heavy atom. The Kier molecular flexibility index (Phi) is 5.16. The van der Waals surface area contributed by atoms with Crippen molar-refractivity contribution in [1.29, 1.82) is 0 Å². The maximum absolute atomic E-state index is 12.5. The van der Waals surface area contributed by atoms with Crippen molar-refractivity contribution in [3.63, 3.8) is 0 Å². The summed E-state index contributed by atoms with van der Waals surface area (Å²) in [5.41, 5.74) is 3.50. The fourth-order valence-electron chi connectivity index (χ4n) is 3.34. The Morgan fingerprint density at radius 2 is 1.67 bits per heavy atom. The fraction of sp³-hybridized carbons (Fsp3) is 0.350. The third-order valence-corrected chi connectivity index (χ3v) is 4.91. The molecule has 0 aromatic heterocycles. The van der Waals surface area contributed by atoms with Gasteiger partial charge in [0.05, 0.1) is 26.2 Å². The Morgan fingerprint density at radius 3 is 2.33 bits per heavy atom. The highest BCUT2D eigenvalue weighted by Gasteiger charge is 2.29. The number of carbonyl (C=O) groups is 1. The van der Waals surface area contributed by atoms with E-state index in [9.17, 15) is 4.79 Å². The maximum Gasteiger partial charge on any atom is 0.282 e. The number of nitrogens with zero attached hydrogens (tertiary/aromatic N) is 1. The van der Waals surface area contributed by atoms with E-state index >= 15 is 0 Å². The highest BCUT2D eigenvalue weighted by Crippen LogP contribution is 2.18. The standard InChI is InChI=1S/C20H25N3O/c1-16-8-6-7-11-19(16)23-14-12-22(13-15-23)17(2)20(24)21-18-9-4-3-5-10-18/h3-11,17H,12-15H2,1-2H3,(H,21,24)/p+1/t17-/m0/s1. The van der Waals surface area contributed by atoms with E-state index < -0.39 is 0 Å². The molecule has 0 saturated carbocycles. The smallest absolute Gasteiger partial charge is 0.282 e. The summed E-state index contributed by atoms with van der Waals surface area (Å²) in [5.74, 6) is 0.0977. The van der Waals surface area contributed by atoms with Crippen LogP contribution in [0.5, 0.6) is 0 Å². The van der Waals surface area contributed by atoms with Gasteiger partial charge in [-0.05, 0) is 37.6 Å². The van der Waals surface area contributed by atoms with E-state index in [2.05, 4.69) is 41.4 Å². The minimum Gasteiger partial charge on any atom is -0.360 e. The van der Waals surface area contributed by atoms with Crippen molar-refractivity contribution in [2.75, 3.05) is 36.4 Å². The number of piperazine rings is 1. The van der Waals surface area contributed by atoms with Crippen LogP contribution in [-0.4, -0.2) is 38.1 Å². The van der Waals surface area contributed by atoms with Gasteiger partial charge in [-0.1, -0.05) is 36.4 Å². The van der Waals surface area contributed by atoms with Gasteiger partial charge in [0.15, 0.2) is 6.04 Å². The molecule has 1 amide bonds. The second kappa shape index (κ2) is 7.49. The highest BCUT2D eigenvalue weighted by molar-refractivity contribution is 5.93. The van der Waals surface area contributed by atoms with E-state index in [1.165, 1.54) is 16.2 Å². The molecule has 24 heavy (non-hydrogen) atoms. The predicted octanol–water partition coefficient (Wildman–Crippen LogP) is 1.73. The molecule has 0 spiro atoms. The van der Waals surface area contributed by atoms with Crippen LogP contribution in [0.3, 0.4) is 0 Å². The molecular weight excluding hydrogens is 298 g/mol. The van der Waals surface area contributed by atoms with Gasteiger partial charge >= 0.3 is 0 Å². The molecule has 1 fully saturated rings. The van der Waals surface area contributed by atoms with Crippen molar-refractivity contribution in [3.05, 3.63) is 60.2 Å². The van der Waals surface area contributed by atoms with Crippen molar-refractivity contribution in [2.45, 2.75) is 19.9 Å². The molecule has 1 saturated heterocycles. The summed E-state index contributed by atoms with van der Waals surface area (Å²) >= 11 is 0. The fourth-order valence-corrected chi connectivity index (χ4v) is 3.34. The Bertz CT molecular complexity index is 678. The number of anilines is 2. The zero-order valence-electron chi connectivity index (χ0n) is 14.5. The maximum atomic E-state index is 12.5. The number of carbonyl (C=O) groups excluding carboxylic acids is 1. The molecule has 0 aliphatic carbocycles. The number of benzene rings is 2. The Labute approximate surface area is 144 Å². The lowest BCUT2D eigenvalue weighted by Gasteiger charge is -2.36. The molecular formula is C20H26N3O+. The zero-order chi connectivity index (χ0) is 16.9. The molecule has 1 aliphatic heterocycles. The minimum atomic E-state index is -0.0378. The molecule has 2 N–H and O–H groups in total. The average Bonchev–Trinajstić information content (AvgIpc) is 2.62. The van der Waals surface area contributed by atoms with Crippen molar-refractivity contribution >= 4 is 17.3 Å². The van der Waals surface area contributed by atoms with E-state index in [1.54, 1.807) is 0 Å². The molecule has 1 heterocycles. The largest absolute Gasteiger partial charge is 0.360 e. The van der Waals surface area contributed by atoms with E-state index in [1.807, 2.05) is 37.3 Å². The molecule has 126 valence electrons. The van der Waals surface area contributed by atoms with Gasteiger partial charge in [-0.3, -0.25) is 4.79 Å². The van der Waals surface area contributed by atoms with E-state index in [0.717, 1.165) is 31.9 Å². The summed E-state index contributed by atoms with van der Waals surface area (Å²) in [6, 6.07) is 18.2. The molecule has 4 heteroatoms. The number of quaternary nitrogens is 1. The van der Waals surface area contributed by atoms with Crippen LogP contribution in [0.2, 0.25) is 0 Å². The third kappa shape index (κ3) is 3.77. The SMILES string of the molecule is Cc1ccccc1N1CC[NH+]([C@@H](C)C(=O)Nc2ccccc2)CC1. The summed E-state index contributed by atoms with van der Waals surface area (Å²) in [6.45, 7) is 8.13. The third-order valence-electron chi connectivity index (χ3n) is 4.91. The normalized spacial score (nSPS) is 16.7. The van der Waals surface area contributed by atoms with Crippen molar-refractivity contribution in [3.8, 4) is 0 Å². The second-order valence-corrected chi connectivity index (χ2v) is 6.51. The number of rotatable bonds is 4. The van der Waals surface area contributed by atoms with Crippen LogP contribution in [0.1, 0.15) is 12.5 Å². The number of nitrogens with one attached hydrogen (secondary N) is 2. The molecule has 2 aromatic rings. The lowest BCUT2D eigenvalue weighted by molar-refractivity contribution is -0.914. The quantitative estimate of drug-likeness (QED) is 0.899. The van der Waals surface area contributed by atoms with Crippen LogP contribution in [0.15, 0.2) is 54.6 Å². The van der Waals surface area contributed by atoms with Gasteiger partial charge in [0.25, 0.3) is 5.91 Å². The number of amides is 1. The van der Waals surface area contributed by atoms with E-state index in [-0.39, 0.29) is 11.9 Å². The van der Waals surface area contributed by atoms with Crippen LogP contribution in [0, 0.1) is 6.92 Å². The highest BCUT2D eigenvalue weighted by atomic mass is 16.2. The van der Waals surface area contributed by atoms with Gasteiger partial charge < -0.3 is 15.1 Å². The first kappa shape index (κ1) is 16.5. The van der Waals surface area contributed by atoms with Gasteiger partial charge in [-0.2, -0.15) is 0 Å². The summed E-state index contributed by atoms with van der Waals surface area (Å²) in [5, 5.41) is 3.02. The predicted molar refractivity (Wildman–Crippen MR) is 98.6 cm³/mol. The molecule has 0 radical (unpaired) electrons. The molecule has 2 aromatic carbocycles. The van der Waals surface area contributed by atoms with E-state index in [0.29, 0.717) is 0 Å². The molecule has 1 atom stereocenters. The van der Waals surface area contributed by atoms with Gasteiger partial charge in [-0.25, -0.2) is 0 Å². The first-order chi connectivity index (χ1) is 11.6. The van der Waals surface area contributed by atoms with Gasteiger partial charge in [0, 0.05) is 11.4 Å². The molecule has 3 rings (SSSR count). The number of para-hydroxylation sites is 2. The average molecular weight is 324 g/mol. The lowest BCUT2D eigenvalue weighted by Crippen LogP contribution is -3.19. The number of aryl methyl sites for hydroxylation is 1. The monoisotopic (exact) mass is 324 g/mol. The molecule has 4 nitrogen and oxygen atoms in total. The van der Waals surface area contributed by atoms with Gasteiger partial charge in [0.2, 0.25) is 0 Å². The topological polar surface area (TPSA) is 36.8 Å². The summed E-state index contributed by atoms with van der Waals surface area (Å²) in [7, 11) is 0. The van der Waals surface area contributed by atoms with Crippen LogP contribution in [0.4, 0.5) is 11.4 Å². The Hall–Kier alpha value is -2.33. The first-order valence-electron chi connectivity index (χ1n) is 8.66. The van der Waals surface area contributed by atoms with Gasteiger partial charge in [0.1, 0.15) is 0 Å². The van der Waals surface area contributed by atoms with Crippen molar-refractivity contribution < 1.29 is 9.69 Å². The van der Waals surface area contributed by atoms with Crippen LogP contribution in [-0.2, 0) is 4.79 Å². The summed E-state index contributed by atoms with van der Waals surface area (Å²) < 4.78 is 0. The summed E-state index contributed by atoms with van der Waals surface area (Å²) in [4.78, 5) is 16.3. The first-order valence-corrected chi connectivity index (χ1v) is 8.66. The second-order valence-electron chi connectivity index (χ2n) is 6.51. The molecule has 0 bridgehead atoms. The van der Waals surface area contributed by atoms with Crippen molar-refractivity contribution in [2.24, 2.45) is 0 Å². The Balaban J connectivity index is 1.56. The van der Waals surface area contributed by atoms with E-state index in [4.69, 9.17) is 0 Å². The zero-order valence-corrected chi connectivity index (χ0v) is 14.5. The lowest BCUT2D eigenvalue weighted by atomic mass is 10.1. The molecule has 0 unspecified atom stereocenters. The molecule has 1 aliphatic rings. The minimum absolute atomic E-state index is 0.0378. The number of hydrogen-bond donors (Lipinski definition) is 2. The van der Waals surface area contributed by atoms with Crippen molar-refractivity contribution in [1.82, 2.24) is 0 Å². The van der Waals surface area contributed by atoms with Crippen LogP contribution < -0.4 is 15.1 Å². The number of hydrogen-bond acceptors (Lipinski definition) is 2. The van der Waals surface area contributed by atoms with Crippen LogP contribution in [0.25, 0.3) is 0 Å². The van der Waals surface area contributed by atoms with Crippen LogP contribution >= 0.6 is 0 Å². The summed E-state index contributed by atoms with van der Waals surface area (Å²) in [6.07, 6.45) is 0. The van der Waals surface area contributed by atoms with Gasteiger partial charge in [-0.15, -0.1) is 0 Å².